The average molecular weight is 288 g/mol. The Kier molecular flexibility index (Phi) is 4.69. The molecule has 0 radical (unpaired) electrons. The van der Waals surface area contributed by atoms with Gasteiger partial charge in [0, 0.05) is 9.79 Å². The quantitative estimate of drug-likeness (QED) is 0.899. The van der Waals surface area contributed by atoms with Crippen LogP contribution in [0.15, 0.2) is 52.3 Å². The van der Waals surface area contributed by atoms with E-state index in [-0.39, 0.29) is 5.56 Å². The highest BCUT2D eigenvalue weighted by Gasteiger charge is 2.12. The third-order valence-electron chi connectivity index (χ3n) is 2.98. The second-order valence-electron chi connectivity index (χ2n) is 4.27. The summed E-state index contributed by atoms with van der Waals surface area (Å²) >= 11 is 1.44. The molecule has 1 N–H and O–H groups in total. The Morgan fingerprint density at radius 3 is 2.45 bits per heavy atom. The van der Waals surface area contributed by atoms with Gasteiger partial charge < -0.3 is 9.84 Å². The number of rotatable bonds is 5. The minimum Gasteiger partial charge on any atom is -0.497 e. The Morgan fingerprint density at radius 1 is 1.20 bits per heavy atom. The molecule has 0 spiro atoms. The first-order valence-electron chi connectivity index (χ1n) is 6.32. The standard InChI is InChI=1S/C16H16O3S/c1-3-11-4-7-13(8-5-11)20-15-9-6-12(19-2)10-14(15)16(17)18/h4-10H,3H2,1-2H3,(H,17,18). The smallest absolute Gasteiger partial charge is 0.336 e. The lowest BCUT2D eigenvalue weighted by atomic mass is 10.2. The highest BCUT2D eigenvalue weighted by molar-refractivity contribution is 7.99. The van der Waals surface area contributed by atoms with Crippen LogP contribution in [0.25, 0.3) is 0 Å². The zero-order chi connectivity index (χ0) is 14.5. The van der Waals surface area contributed by atoms with Gasteiger partial charge in [-0.2, -0.15) is 0 Å². The van der Waals surface area contributed by atoms with Gasteiger partial charge in [0.15, 0.2) is 0 Å². The summed E-state index contributed by atoms with van der Waals surface area (Å²) in [5.74, 6) is -0.398. The summed E-state index contributed by atoms with van der Waals surface area (Å²) in [6.45, 7) is 2.11. The molecule has 0 aliphatic heterocycles. The van der Waals surface area contributed by atoms with Crippen LogP contribution in [-0.4, -0.2) is 18.2 Å². The van der Waals surface area contributed by atoms with Crippen LogP contribution in [0.4, 0.5) is 0 Å². The third-order valence-corrected chi connectivity index (χ3v) is 4.06. The molecule has 0 heterocycles. The molecule has 0 aromatic heterocycles. The SMILES string of the molecule is CCc1ccc(Sc2ccc(OC)cc2C(=O)O)cc1. The summed E-state index contributed by atoms with van der Waals surface area (Å²) in [5, 5.41) is 9.28. The molecular weight excluding hydrogens is 272 g/mol. The van der Waals surface area contributed by atoms with E-state index in [0.29, 0.717) is 10.6 Å². The highest BCUT2D eigenvalue weighted by Crippen LogP contribution is 2.32. The summed E-state index contributed by atoms with van der Waals surface area (Å²) in [5.41, 5.74) is 1.52. The zero-order valence-electron chi connectivity index (χ0n) is 11.4. The van der Waals surface area contributed by atoms with Crippen molar-refractivity contribution in [2.24, 2.45) is 0 Å². The van der Waals surface area contributed by atoms with E-state index in [0.717, 1.165) is 11.3 Å². The number of benzene rings is 2. The van der Waals surface area contributed by atoms with Gasteiger partial charge in [0.2, 0.25) is 0 Å². The van der Waals surface area contributed by atoms with Crippen molar-refractivity contribution in [1.82, 2.24) is 0 Å². The number of carboxylic acid groups (broad SMARTS) is 1. The van der Waals surface area contributed by atoms with Gasteiger partial charge >= 0.3 is 5.97 Å². The van der Waals surface area contributed by atoms with E-state index >= 15 is 0 Å². The second-order valence-corrected chi connectivity index (χ2v) is 5.38. The van der Waals surface area contributed by atoms with E-state index in [1.165, 1.54) is 24.4 Å². The Labute approximate surface area is 122 Å². The molecular formula is C16H16O3S. The molecule has 0 saturated carbocycles. The minimum atomic E-state index is -0.948. The predicted molar refractivity (Wildman–Crippen MR) is 79.9 cm³/mol. The number of aryl methyl sites for hydroxylation is 1. The lowest BCUT2D eigenvalue weighted by Gasteiger charge is -2.08. The maximum atomic E-state index is 11.3. The number of hydrogen-bond donors (Lipinski definition) is 1. The van der Waals surface area contributed by atoms with E-state index in [1.54, 1.807) is 18.2 Å². The van der Waals surface area contributed by atoms with Crippen LogP contribution in [0, 0.1) is 0 Å². The molecule has 2 aromatic carbocycles. The first-order valence-corrected chi connectivity index (χ1v) is 7.13. The van der Waals surface area contributed by atoms with Crippen molar-refractivity contribution in [3.63, 3.8) is 0 Å². The molecule has 0 amide bonds. The van der Waals surface area contributed by atoms with Gasteiger partial charge in [-0.1, -0.05) is 30.8 Å². The first kappa shape index (κ1) is 14.5. The number of methoxy groups -OCH3 is 1. The minimum absolute atomic E-state index is 0.258. The van der Waals surface area contributed by atoms with Crippen LogP contribution in [0.5, 0.6) is 5.75 Å². The molecule has 4 heteroatoms. The Balaban J connectivity index is 2.29. The van der Waals surface area contributed by atoms with E-state index in [4.69, 9.17) is 4.74 Å². The maximum Gasteiger partial charge on any atom is 0.336 e. The van der Waals surface area contributed by atoms with Gasteiger partial charge in [0.1, 0.15) is 5.75 Å². The van der Waals surface area contributed by atoms with Crippen molar-refractivity contribution in [1.29, 1.82) is 0 Å². The number of aromatic carboxylic acids is 1. The van der Waals surface area contributed by atoms with Crippen LogP contribution >= 0.6 is 11.8 Å². The Morgan fingerprint density at radius 2 is 1.90 bits per heavy atom. The number of hydrogen-bond acceptors (Lipinski definition) is 3. The molecule has 0 unspecified atom stereocenters. The molecule has 0 bridgehead atoms. The molecule has 0 fully saturated rings. The van der Waals surface area contributed by atoms with Gasteiger partial charge in [-0.05, 0) is 42.3 Å². The largest absolute Gasteiger partial charge is 0.497 e. The van der Waals surface area contributed by atoms with Crippen LogP contribution in [-0.2, 0) is 6.42 Å². The van der Waals surface area contributed by atoms with E-state index in [9.17, 15) is 9.90 Å². The zero-order valence-corrected chi connectivity index (χ0v) is 12.2. The van der Waals surface area contributed by atoms with E-state index in [2.05, 4.69) is 19.1 Å². The van der Waals surface area contributed by atoms with Crippen molar-refractivity contribution in [2.45, 2.75) is 23.1 Å². The fourth-order valence-electron chi connectivity index (χ4n) is 1.81. The van der Waals surface area contributed by atoms with Crippen LogP contribution in [0.2, 0.25) is 0 Å². The van der Waals surface area contributed by atoms with Crippen molar-refractivity contribution < 1.29 is 14.6 Å². The fourth-order valence-corrected chi connectivity index (χ4v) is 2.73. The lowest BCUT2D eigenvalue weighted by Crippen LogP contribution is -1.99. The van der Waals surface area contributed by atoms with Crippen molar-refractivity contribution in [2.75, 3.05) is 7.11 Å². The van der Waals surface area contributed by atoms with Gasteiger partial charge in [-0.15, -0.1) is 0 Å². The van der Waals surface area contributed by atoms with Crippen LogP contribution in [0.1, 0.15) is 22.8 Å². The molecule has 3 nitrogen and oxygen atoms in total. The number of carboxylic acids is 1. The summed E-state index contributed by atoms with van der Waals surface area (Å²) in [4.78, 5) is 13.0. The van der Waals surface area contributed by atoms with E-state index < -0.39 is 5.97 Å². The average Bonchev–Trinajstić information content (AvgIpc) is 2.48. The molecule has 0 atom stereocenters. The maximum absolute atomic E-state index is 11.3. The van der Waals surface area contributed by atoms with Gasteiger partial charge in [0.05, 0.1) is 12.7 Å². The molecule has 20 heavy (non-hydrogen) atoms. The van der Waals surface area contributed by atoms with Gasteiger partial charge in [-0.25, -0.2) is 4.79 Å². The Hall–Kier alpha value is -1.94. The molecule has 2 rings (SSSR count). The monoisotopic (exact) mass is 288 g/mol. The fraction of sp³-hybridized carbons (Fsp3) is 0.188. The van der Waals surface area contributed by atoms with Crippen LogP contribution < -0.4 is 4.74 Å². The summed E-state index contributed by atoms with van der Waals surface area (Å²) < 4.78 is 5.07. The number of carbonyl (C=O) groups is 1. The lowest BCUT2D eigenvalue weighted by molar-refractivity contribution is 0.0692. The summed E-state index contributed by atoms with van der Waals surface area (Å²) in [6, 6.07) is 13.2. The summed E-state index contributed by atoms with van der Waals surface area (Å²) in [7, 11) is 1.53. The normalized spacial score (nSPS) is 10.3. The van der Waals surface area contributed by atoms with Crippen molar-refractivity contribution in [3.8, 4) is 5.75 Å². The predicted octanol–water partition coefficient (Wildman–Crippen LogP) is 4.11. The second kappa shape index (κ2) is 6.48. The molecule has 2 aromatic rings. The van der Waals surface area contributed by atoms with Crippen LogP contribution in [0.3, 0.4) is 0 Å². The first-order chi connectivity index (χ1) is 9.63. The number of ether oxygens (including phenoxy) is 1. The Bertz CT molecular complexity index is 606. The van der Waals surface area contributed by atoms with Crippen molar-refractivity contribution in [3.05, 3.63) is 53.6 Å². The van der Waals surface area contributed by atoms with E-state index in [1.807, 2.05) is 12.1 Å². The third kappa shape index (κ3) is 3.33. The molecule has 0 aliphatic rings. The van der Waals surface area contributed by atoms with Gasteiger partial charge in [0.25, 0.3) is 0 Å². The highest BCUT2D eigenvalue weighted by atomic mass is 32.2. The summed E-state index contributed by atoms with van der Waals surface area (Å²) in [6.07, 6.45) is 0.994. The molecule has 0 aliphatic carbocycles. The topological polar surface area (TPSA) is 46.5 Å². The molecule has 104 valence electrons. The van der Waals surface area contributed by atoms with Crippen molar-refractivity contribution >= 4 is 17.7 Å². The van der Waals surface area contributed by atoms with Gasteiger partial charge in [-0.3, -0.25) is 0 Å². The molecule has 0 saturated heterocycles.